The molecule has 0 atom stereocenters. The second kappa shape index (κ2) is 6.68. The van der Waals surface area contributed by atoms with E-state index < -0.39 is 0 Å². The Morgan fingerprint density at radius 1 is 0.826 bits per heavy atom. The van der Waals surface area contributed by atoms with Gasteiger partial charge in [0.25, 0.3) is 0 Å². The van der Waals surface area contributed by atoms with Crippen molar-refractivity contribution in [3.05, 3.63) is 46.6 Å². The Labute approximate surface area is 131 Å². The fourth-order valence-electron chi connectivity index (χ4n) is 2.32. The topological polar surface area (TPSA) is 89.1 Å². The fraction of sp³-hybridized carbons (Fsp3) is 0.235. The first-order valence-corrected chi connectivity index (χ1v) is 7.21. The van der Waals surface area contributed by atoms with Crippen molar-refractivity contribution in [3.8, 4) is 11.5 Å². The molecule has 3 aromatic rings. The molecule has 0 aliphatic carbocycles. The number of ether oxygens (including phenoxy) is 2. The van der Waals surface area contributed by atoms with E-state index in [1.54, 1.807) is 36.4 Å². The van der Waals surface area contributed by atoms with Crippen molar-refractivity contribution in [1.29, 1.82) is 0 Å². The zero-order valence-corrected chi connectivity index (χ0v) is 12.3. The van der Waals surface area contributed by atoms with E-state index in [0.29, 0.717) is 33.4 Å². The maximum atomic E-state index is 12.5. The smallest absolute Gasteiger partial charge is 0.200 e. The molecule has 2 N–H and O–H groups in total. The molecule has 3 rings (SSSR count). The summed E-state index contributed by atoms with van der Waals surface area (Å²) >= 11 is 0. The largest absolute Gasteiger partial charge is 0.491 e. The lowest BCUT2D eigenvalue weighted by molar-refractivity contribution is 0.201. The molecule has 0 fully saturated rings. The molecule has 23 heavy (non-hydrogen) atoms. The number of aliphatic hydroxyl groups is 2. The highest BCUT2D eigenvalue weighted by Crippen LogP contribution is 2.25. The lowest BCUT2D eigenvalue weighted by Gasteiger charge is -2.07. The zero-order valence-electron chi connectivity index (χ0n) is 12.3. The Morgan fingerprint density at radius 2 is 1.30 bits per heavy atom. The average molecular weight is 316 g/mol. The molecule has 0 amide bonds. The highest BCUT2D eigenvalue weighted by molar-refractivity contribution is 5.90. The van der Waals surface area contributed by atoms with Crippen LogP contribution in [0.1, 0.15) is 0 Å². The van der Waals surface area contributed by atoms with Crippen LogP contribution in [0.4, 0.5) is 0 Å². The molecule has 2 aromatic carbocycles. The van der Waals surface area contributed by atoms with Gasteiger partial charge in [-0.05, 0) is 24.3 Å². The zero-order chi connectivity index (χ0) is 16.2. The first-order valence-electron chi connectivity index (χ1n) is 7.21. The Bertz CT molecular complexity index is 814. The summed E-state index contributed by atoms with van der Waals surface area (Å²) in [6.07, 6.45) is 0. The van der Waals surface area contributed by atoms with Crippen molar-refractivity contribution in [2.75, 3.05) is 26.4 Å². The molecule has 6 nitrogen and oxygen atoms in total. The van der Waals surface area contributed by atoms with E-state index in [9.17, 15) is 4.79 Å². The number of aliphatic hydroxyl groups excluding tert-OH is 2. The highest BCUT2D eigenvalue weighted by atomic mass is 16.5. The second-order valence-corrected chi connectivity index (χ2v) is 4.89. The number of rotatable bonds is 6. The van der Waals surface area contributed by atoms with Crippen LogP contribution in [-0.4, -0.2) is 36.6 Å². The van der Waals surface area contributed by atoms with E-state index in [0.717, 1.165) is 0 Å². The van der Waals surface area contributed by atoms with Crippen LogP contribution in [0.3, 0.4) is 0 Å². The van der Waals surface area contributed by atoms with E-state index in [1.165, 1.54) is 0 Å². The summed E-state index contributed by atoms with van der Waals surface area (Å²) in [4.78, 5) is 12.5. The number of hydrogen-bond donors (Lipinski definition) is 2. The molecular formula is C17H16O6. The Hall–Kier alpha value is -2.57. The van der Waals surface area contributed by atoms with Crippen LogP contribution < -0.4 is 14.9 Å². The summed E-state index contributed by atoms with van der Waals surface area (Å²) in [5, 5.41) is 18.5. The minimum Gasteiger partial charge on any atom is -0.491 e. The number of hydrogen-bond acceptors (Lipinski definition) is 6. The van der Waals surface area contributed by atoms with E-state index in [-0.39, 0.29) is 31.9 Å². The summed E-state index contributed by atoms with van der Waals surface area (Å²) in [5.74, 6) is 1.03. The number of benzene rings is 2. The minimum atomic E-state index is -0.135. The lowest BCUT2D eigenvalue weighted by atomic mass is 10.1. The maximum Gasteiger partial charge on any atom is 0.200 e. The van der Waals surface area contributed by atoms with Gasteiger partial charge in [0, 0.05) is 12.1 Å². The molecule has 120 valence electrons. The maximum absolute atomic E-state index is 12.5. The summed E-state index contributed by atoms with van der Waals surface area (Å²) < 4.78 is 16.4. The minimum absolute atomic E-state index is 0.0920. The van der Waals surface area contributed by atoms with Gasteiger partial charge < -0.3 is 24.1 Å². The van der Waals surface area contributed by atoms with Crippen LogP contribution in [0.5, 0.6) is 11.5 Å². The van der Waals surface area contributed by atoms with Gasteiger partial charge in [-0.15, -0.1) is 0 Å². The molecule has 0 aliphatic rings. The first-order chi connectivity index (χ1) is 11.2. The molecular weight excluding hydrogens is 300 g/mol. The molecule has 0 saturated heterocycles. The van der Waals surface area contributed by atoms with E-state index >= 15 is 0 Å². The number of fused-ring (bicyclic) bond motifs is 2. The van der Waals surface area contributed by atoms with Crippen LogP contribution in [0.25, 0.3) is 21.9 Å². The Morgan fingerprint density at radius 3 is 1.74 bits per heavy atom. The fourth-order valence-corrected chi connectivity index (χ4v) is 2.32. The van der Waals surface area contributed by atoms with Crippen molar-refractivity contribution in [2.45, 2.75) is 0 Å². The van der Waals surface area contributed by atoms with Gasteiger partial charge in [0.15, 0.2) is 0 Å². The van der Waals surface area contributed by atoms with Gasteiger partial charge in [-0.2, -0.15) is 0 Å². The monoisotopic (exact) mass is 316 g/mol. The molecule has 0 bridgehead atoms. The predicted octanol–water partition coefficient (Wildman–Crippen LogP) is 1.69. The van der Waals surface area contributed by atoms with Crippen LogP contribution in [0, 0.1) is 0 Å². The average Bonchev–Trinajstić information content (AvgIpc) is 2.57. The molecule has 1 heterocycles. The third-order valence-electron chi connectivity index (χ3n) is 3.34. The summed E-state index contributed by atoms with van der Waals surface area (Å²) in [5.41, 5.74) is 0.665. The Kier molecular flexibility index (Phi) is 4.45. The summed E-state index contributed by atoms with van der Waals surface area (Å²) in [7, 11) is 0. The molecule has 6 heteroatoms. The SMILES string of the molecule is O=c1c2ccc(OCCO)cc2oc2cc(OCCO)ccc12. The quantitative estimate of drug-likeness (QED) is 0.673. The molecule has 0 spiro atoms. The van der Waals surface area contributed by atoms with Gasteiger partial charge >= 0.3 is 0 Å². The van der Waals surface area contributed by atoms with Crippen LogP contribution in [0.15, 0.2) is 45.6 Å². The van der Waals surface area contributed by atoms with Crippen molar-refractivity contribution in [2.24, 2.45) is 0 Å². The van der Waals surface area contributed by atoms with Crippen LogP contribution >= 0.6 is 0 Å². The van der Waals surface area contributed by atoms with Gasteiger partial charge in [0.1, 0.15) is 35.9 Å². The van der Waals surface area contributed by atoms with Crippen molar-refractivity contribution < 1.29 is 24.1 Å². The van der Waals surface area contributed by atoms with Crippen molar-refractivity contribution in [1.82, 2.24) is 0 Å². The van der Waals surface area contributed by atoms with Gasteiger partial charge in [0.05, 0.1) is 24.0 Å². The van der Waals surface area contributed by atoms with Gasteiger partial charge in [-0.1, -0.05) is 0 Å². The predicted molar refractivity (Wildman–Crippen MR) is 85.2 cm³/mol. The molecule has 0 unspecified atom stereocenters. The van der Waals surface area contributed by atoms with Crippen LogP contribution in [-0.2, 0) is 0 Å². The standard InChI is InChI=1S/C17H16O6/c18-5-7-21-11-1-3-13-15(9-11)23-16-10-12(22-8-6-19)2-4-14(16)17(13)20/h1-4,9-10,18-19H,5-8H2. The lowest BCUT2D eigenvalue weighted by Crippen LogP contribution is -2.05. The van der Waals surface area contributed by atoms with Gasteiger partial charge in [-0.25, -0.2) is 0 Å². The van der Waals surface area contributed by atoms with Crippen molar-refractivity contribution >= 4 is 21.9 Å². The highest BCUT2D eigenvalue weighted by Gasteiger charge is 2.10. The summed E-state index contributed by atoms with van der Waals surface area (Å²) in [6, 6.07) is 9.85. The molecule has 0 aliphatic heterocycles. The van der Waals surface area contributed by atoms with E-state index in [2.05, 4.69) is 0 Å². The van der Waals surface area contributed by atoms with Gasteiger partial charge in [-0.3, -0.25) is 4.79 Å². The summed E-state index contributed by atoms with van der Waals surface area (Å²) in [6.45, 7) is 0.154. The van der Waals surface area contributed by atoms with E-state index in [1.807, 2.05) is 0 Å². The second-order valence-electron chi connectivity index (χ2n) is 4.89. The van der Waals surface area contributed by atoms with Crippen LogP contribution in [0.2, 0.25) is 0 Å². The molecule has 0 saturated carbocycles. The van der Waals surface area contributed by atoms with Crippen molar-refractivity contribution in [3.63, 3.8) is 0 Å². The third-order valence-corrected chi connectivity index (χ3v) is 3.34. The van der Waals surface area contributed by atoms with E-state index in [4.69, 9.17) is 24.1 Å². The molecule has 0 radical (unpaired) electrons. The normalized spacial score (nSPS) is 11.0. The third kappa shape index (κ3) is 3.13. The molecule has 1 aromatic heterocycles. The Balaban J connectivity index is 2.09. The first kappa shape index (κ1) is 15.3. The van der Waals surface area contributed by atoms with Gasteiger partial charge in [0.2, 0.25) is 5.43 Å².